The number of pyridine rings is 1. The quantitative estimate of drug-likeness (QED) is 0.327. The van der Waals surface area contributed by atoms with Crippen LogP contribution in [0, 0.1) is 11.3 Å². The molecule has 3 aromatic rings. The predicted octanol–water partition coefficient (Wildman–Crippen LogP) is 4.38. The lowest BCUT2D eigenvalue weighted by atomic mass is 9.97. The Morgan fingerprint density at radius 1 is 1.33 bits per heavy atom. The van der Waals surface area contributed by atoms with Gasteiger partial charge >= 0.3 is 10.1 Å². The summed E-state index contributed by atoms with van der Waals surface area (Å²) in [6.45, 7) is 0.326. The van der Waals surface area contributed by atoms with Crippen LogP contribution < -0.4 is 9.74 Å². The molecule has 0 bridgehead atoms. The molecule has 16 heteroatoms. The predicted molar refractivity (Wildman–Crippen MR) is 153 cm³/mol. The molecule has 1 aromatic carbocycles. The maximum Gasteiger partial charge on any atom is 0.306 e. The molecule has 1 atom stereocenters. The van der Waals surface area contributed by atoms with E-state index >= 15 is 0 Å². The lowest BCUT2D eigenvalue weighted by molar-refractivity contribution is -0.133. The number of hydrogen-bond donors (Lipinski definition) is 0. The smallest absolute Gasteiger partial charge is 0.306 e. The second kappa shape index (κ2) is 12.4. The van der Waals surface area contributed by atoms with Gasteiger partial charge in [0.25, 0.3) is 12.0 Å². The molecular weight excluding hydrogens is 628 g/mol. The number of nitriles is 1. The number of benzene rings is 1. The molecule has 1 unspecified atom stereocenters. The largest absolute Gasteiger partial charge is 0.387 e. The summed E-state index contributed by atoms with van der Waals surface area (Å²) >= 11 is 7.80. The molecule has 2 aliphatic heterocycles. The molecule has 2 aromatic heterocycles. The Morgan fingerprint density at radius 3 is 2.74 bits per heavy atom. The van der Waals surface area contributed by atoms with Gasteiger partial charge in [0, 0.05) is 37.0 Å². The van der Waals surface area contributed by atoms with Crippen LogP contribution in [-0.4, -0.2) is 53.8 Å². The second-order valence-corrected chi connectivity index (χ2v) is 12.9. The second-order valence-electron chi connectivity index (χ2n) is 10.0. The first-order valence-corrected chi connectivity index (χ1v) is 16.1. The number of aromatic nitrogens is 2. The SMILES string of the molecule is CS(=O)(=O)Oc1cccc(Cl)c1C1CC(c2csc(C3CCN(C(=O)Cn4cc(C#N)cc(C(F)F)c4=O)CC3)n2)=NO1. The molecule has 5 rings (SSSR count). The Hall–Kier alpha value is -3.87. The van der Waals surface area contributed by atoms with Crippen molar-refractivity contribution in [2.45, 2.75) is 44.3 Å². The minimum atomic E-state index is -3.80. The Kier molecular flexibility index (Phi) is 8.81. The summed E-state index contributed by atoms with van der Waals surface area (Å²) in [6.07, 6.45) is -0.180. The van der Waals surface area contributed by atoms with Crippen molar-refractivity contribution in [3.63, 3.8) is 0 Å². The number of nitrogens with zero attached hydrogens (tertiary/aromatic N) is 5. The molecule has 0 N–H and O–H groups in total. The lowest BCUT2D eigenvalue weighted by Gasteiger charge is -2.31. The fourth-order valence-corrected chi connectivity index (χ4v) is 6.73. The van der Waals surface area contributed by atoms with Crippen molar-refractivity contribution in [1.29, 1.82) is 5.26 Å². The van der Waals surface area contributed by atoms with Crippen LogP contribution in [0.2, 0.25) is 5.02 Å². The van der Waals surface area contributed by atoms with Gasteiger partial charge in [-0.2, -0.15) is 13.7 Å². The number of amides is 1. The van der Waals surface area contributed by atoms with Crippen LogP contribution in [0.5, 0.6) is 5.75 Å². The Labute approximate surface area is 254 Å². The van der Waals surface area contributed by atoms with E-state index in [4.69, 9.17) is 30.9 Å². The molecule has 43 heavy (non-hydrogen) atoms. The summed E-state index contributed by atoms with van der Waals surface area (Å²) < 4.78 is 55.9. The van der Waals surface area contributed by atoms with E-state index in [0.717, 1.165) is 28.1 Å². The van der Waals surface area contributed by atoms with E-state index in [-0.39, 0.29) is 22.3 Å². The molecule has 11 nitrogen and oxygen atoms in total. The standard InChI is InChI=1S/C27H24ClF2N5O6S2/c1-43(38,39)41-21-4-2-3-18(28)24(21)22-10-19(33-40-22)20-14-42-26(32-20)16-5-7-34(8-6-16)23(36)13-35-12-15(11-31)9-17(25(29)30)27(35)37/h2-4,9,12,14,16,22,25H,5-8,10,13H2,1H3. The number of hydrogen-bond acceptors (Lipinski definition) is 10. The van der Waals surface area contributed by atoms with Crippen LogP contribution in [0.3, 0.4) is 0 Å². The van der Waals surface area contributed by atoms with Gasteiger partial charge in [-0.1, -0.05) is 22.8 Å². The first kappa shape index (κ1) is 30.6. The summed E-state index contributed by atoms with van der Waals surface area (Å²) in [4.78, 5) is 37.2. The minimum absolute atomic E-state index is 0.0637. The fraction of sp³-hybridized carbons (Fsp3) is 0.370. The normalized spacial score (nSPS) is 17.4. The fourth-order valence-electron chi connectivity index (χ4n) is 4.97. The van der Waals surface area contributed by atoms with Crippen molar-refractivity contribution in [1.82, 2.24) is 14.5 Å². The summed E-state index contributed by atoms with van der Waals surface area (Å²) in [7, 11) is -3.80. The summed E-state index contributed by atoms with van der Waals surface area (Å²) in [5, 5.41) is 16.3. The molecule has 0 spiro atoms. The number of alkyl halides is 2. The van der Waals surface area contributed by atoms with Crippen molar-refractivity contribution in [3.05, 3.63) is 78.6 Å². The molecule has 0 saturated carbocycles. The highest BCUT2D eigenvalue weighted by atomic mass is 35.5. The minimum Gasteiger partial charge on any atom is -0.387 e. The van der Waals surface area contributed by atoms with Crippen molar-refractivity contribution in [3.8, 4) is 11.8 Å². The van der Waals surface area contributed by atoms with Gasteiger partial charge in [-0.15, -0.1) is 11.3 Å². The molecular formula is C27H24ClF2N5O6S2. The van der Waals surface area contributed by atoms with Gasteiger partial charge < -0.3 is 18.5 Å². The molecule has 0 aliphatic carbocycles. The van der Waals surface area contributed by atoms with Crippen molar-refractivity contribution in [2.24, 2.45) is 5.16 Å². The van der Waals surface area contributed by atoms with Gasteiger partial charge in [0.2, 0.25) is 5.91 Å². The van der Waals surface area contributed by atoms with Crippen molar-refractivity contribution >= 4 is 44.7 Å². The first-order chi connectivity index (χ1) is 20.4. The van der Waals surface area contributed by atoms with Crippen LogP contribution >= 0.6 is 22.9 Å². The summed E-state index contributed by atoms with van der Waals surface area (Å²) in [6, 6.07) is 7.25. The zero-order valence-corrected chi connectivity index (χ0v) is 25.0. The van der Waals surface area contributed by atoms with Crippen LogP contribution in [0.25, 0.3) is 0 Å². The zero-order valence-electron chi connectivity index (χ0n) is 22.6. The molecule has 226 valence electrons. The third kappa shape index (κ3) is 6.87. The van der Waals surface area contributed by atoms with Gasteiger partial charge in [0.1, 0.15) is 18.3 Å². The zero-order chi connectivity index (χ0) is 30.9. The Morgan fingerprint density at radius 2 is 2.07 bits per heavy atom. The highest BCUT2D eigenvalue weighted by Gasteiger charge is 2.32. The number of carbonyl (C=O) groups is 1. The van der Waals surface area contributed by atoms with E-state index in [0.29, 0.717) is 49.3 Å². The number of rotatable bonds is 8. The number of oxime groups is 1. The number of thiazole rings is 1. The van der Waals surface area contributed by atoms with Crippen molar-refractivity contribution in [2.75, 3.05) is 19.3 Å². The van der Waals surface area contributed by atoms with Gasteiger partial charge in [-0.3, -0.25) is 9.59 Å². The molecule has 1 fully saturated rings. The number of likely N-dealkylation sites (tertiary alicyclic amines) is 1. The Balaban J connectivity index is 1.21. The molecule has 0 radical (unpaired) electrons. The molecule has 1 saturated heterocycles. The molecule has 1 amide bonds. The summed E-state index contributed by atoms with van der Waals surface area (Å²) in [5.41, 5.74) is -0.388. The number of halogens is 3. The molecule has 4 heterocycles. The van der Waals surface area contributed by atoms with Crippen LogP contribution in [-0.2, 0) is 26.3 Å². The van der Waals surface area contributed by atoms with Crippen LogP contribution in [0.15, 0.2) is 45.8 Å². The van der Waals surface area contributed by atoms with Gasteiger partial charge in [-0.25, -0.2) is 13.8 Å². The van der Waals surface area contributed by atoms with E-state index in [2.05, 4.69) is 5.16 Å². The number of piperidine rings is 1. The maximum absolute atomic E-state index is 13.2. The average Bonchev–Trinajstić information content (AvgIpc) is 3.64. The van der Waals surface area contributed by atoms with E-state index in [1.807, 2.05) is 5.38 Å². The Bertz CT molecular complexity index is 1800. The maximum atomic E-state index is 13.2. The van der Waals surface area contributed by atoms with Crippen LogP contribution in [0.1, 0.15) is 65.1 Å². The topological polar surface area (TPSA) is 144 Å². The monoisotopic (exact) mass is 651 g/mol. The summed E-state index contributed by atoms with van der Waals surface area (Å²) in [5.74, 6) is -0.276. The number of carbonyl (C=O) groups excluding carboxylic acids is 1. The third-order valence-corrected chi connectivity index (χ3v) is 8.86. The lowest BCUT2D eigenvalue weighted by Crippen LogP contribution is -2.41. The van der Waals surface area contributed by atoms with E-state index in [9.17, 15) is 26.8 Å². The van der Waals surface area contributed by atoms with Gasteiger partial charge in [0.15, 0.2) is 11.9 Å². The highest BCUT2D eigenvalue weighted by Crippen LogP contribution is 2.40. The average molecular weight is 652 g/mol. The van der Waals surface area contributed by atoms with E-state index < -0.39 is 46.2 Å². The van der Waals surface area contributed by atoms with Crippen LogP contribution in [0.4, 0.5) is 8.78 Å². The van der Waals surface area contributed by atoms with Gasteiger partial charge in [0.05, 0.1) is 38.7 Å². The first-order valence-electron chi connectivity index (χ1n) is 13.0. The third-order valence-electron chi connectivity index (χ3n) is 7.04. The van der Waals surface area contributed by atoms with E-state index in [1.54, 1.807) is 23.1 Å². The van der Waals surface area contributed by atoms with Gasteiger partial charge in [-0.05, 0) is 31.0 Å². The highest BCUT2D eigenvalue weighted by molar-refractivity contribution is 7.86. The molecule has 2 aliphatic rings. The van der Waals surface area contributed by atoms with E-state index in [1.165, 1.54) is 17.4 Å². The van der Waals surface area contributed by atoms with Crippen molar-refractivity contribution < 1.29 is 31.0 Å².